The van der Waals surface area contributed by atoms with Crippen LogP contribution >= 0.6 is 11.3 Å². The van der Waals surface area contributed by atoms with Crippen molar-refractivity contribution in [3.05, 3.63) is 53.3 Å². The van der Waals surface area contributed by atoms with Crippen molar-refractivity contribution in [3.63, 3.8) is 0 Å². The van der Waals surface area contributed by atoms with E-state index in [-0.39, 0.29) is 23.0 Å². The van der Waals surface area contributed by atoms with Gasteiger partial charge in [-0.25, -0.2) is 18.2 Å². The van der Waals surface area contributed by atoms with Gasteiger partial charge in [0, 0.05) is 35.5 Å². The van der Waals surface area contributed by atoms with Gasteiger partial charge in [-0.05, 0) is 43.7 Å². The number of nitrogens with zero attached hydrogens (tertiary/aromatic N) is 4. The molecule has 1 N–H and O–H groups in total. The summed E-state index contributed by atoms with van der Waals surface area (Å²) in [6.45, 7) is 4.74. The number of thiazole rings is 1. The number of nitriles is 1. The molecule has 0 aliphatic carbocycles. The van der Waals surface area contributed by atoms with Crippen LogP contribution in [-0.4, -0.2) is 53.9 Å². The first kappa shape index (κ1) is 21.6. The van der Waals surface area contributed by atoms with Crippen LogP contribution in [0.3, 0.4) is 0 Å². The number of anilines is 1. The highest BCUT2D eigenvalue weighted by atomic mass is 32.2. The highest BCUT2D eigenvalue weighted by Gasteiger charge is 2.57. The maximum absolute atomic E-state index is 12.8. The first-order chi connectivity index (χ1) is 15.7. The summed E-state index contributed by atoms with van der Waals surface area (Å²) < 4.78 is 23.0. The summed E-state index contributed by atoms with van der Waals surface area (Å²) in [5.41, 5.74) is 4.43. The number of hydrogen-bond donors (Lipinski definition) is 1. The molecule has 168 valence electrons. The lowest BCUT2D eigenvalue weighted by atomic mass is 9.83. The topological polar surface area (TPSA) is 116 Å². The molecule has 2 amide bonds. The van der Waals surface area contributed by atoms with E-state index in [0.29, 0.717) is 29.5 Å². The Morgan fingerprint density at radius 2 is 1.82 bits per heavy atom. The summed E-state index contributed by atoms with van der Waals surface area (Å²) >= 11 is 1.36. The molecule has 0 radical (unpaired) electrons. The molecule has 10 heteroatoms. The quantitative estimate of drug-likeness (QED) is 0.613. The largest absolute Gasteiger partial charge is 0.323 e. The molecule has 2 fully saturated rings. The fraction of sp³-hybridized carbons (Fsp3) is 0.304. The lowest BCUT2D eigenvalue weighted by Crippen LogP contribution is -2.69. The van der Waals surface area contributed by atoms with Crippen molar-refractivity contribution in [2.45, 2.75) is 13.8 Å². The molecule has 2 aliphatic heterocycles. The van der Waals surface area contributed by atoms with Crippen LogP contribution < -0.4 is 5.32 Å². The lowest BCUT2D eigenvalue weighted by molar-refractivity contribution is 0.0618. The molecule has 5 rings (SSSR count). The highest BCUT2D eigenvalue weighted by molar-refractivity contribution is 7.92. The average Bonchev–Trinajstić information content (AvgIpc) is 3.13. The summed E-state index contributed by atoms with van der Waals surface area (Å²) in [7, 11) is -2.93. The molecule has 2 saturated heterocycles. The predicted octanol–water partition coefficient (Wildman–Crippen LogP) is 3.62. The summed E-state index contributed by atoms with van der Waals surface area (Å²) in [6, 6.07) is 13.0. The maximum Gasteiger partial charge on any atom is 0.323 e. The number of pyridine rings is 1. The first-order valence-corrected chi connectivity index (χ1v) is 13.0. The van der Waals surface area contributed by atoms with Crippen LogP contribution in [0, 0.1) is 30.6 Å². The number of carbonyl (C=O) groups is 1. The van der Waals surface area contributed by atoms with Crippen LogP contribution in [0.2, 0.25) is 0 Å². The molecular weight excluding hydrogens is 458 g/mol. The van der Waals surface area contributed by atoms with Crippen LogP contribution in [0.25, 0.3) is 21.7 Å². The van der Waals surface area contributed by atoms with Gasteiger partial charge in [0.25, 0.3) is 0 Å². The first-order valence-electron chi connectivity index (χ1n) is 10.4. The molecule has 4 heterocycles. The standard InChI is InChI=1S/C23H21N5O3S2/c1-14-6-18(7-15(2)25-14)20-19(17-5-3-4-16(8-17)9-24)26-21(32-20)27-22(29)28-10-23(11-28)12-33(30,31)13-23/h3-8H,10-13H2,1-2H3,(H,26,27,29). The van der Waals surface area contributed by atoms with Gasteiger partial charge in [0.2, 0.25) is 0 Å². The van der Waals surface area contributed by atoms with Crippen LogP contribution in [0.5, 0.6) is 0 Å². The second kappa shape index (κ2) is 7.64. The SMILES string of the molecule is Cc1cc(-c2sc(NC(=O)N3CC4(C3)CS(=O)(=O)C4)nc2-c2cccc(C#N)c2)cc(C)n1. The predicted molar refractivity (Wildman–Crippen MR) is 127 cm³/mol. The second-order valence-corrected chi connectivity index (χ2v) is 11.9. The van der Waals surface area contributed by atoms with Crippen LogP contribution in [-0.2, 0) is 9.84 Å². The summed E-state index contributed by atoms with van der Waals surface area (Å²) in [6.07, 6.45) is 0. The third kappa shape index (κ3) is 4.10. The van der Waals surface area contributed by atoms with E-state index in [2.05, 4.69) is 16.4 Å². The van der Waals surface area contributed by atoms with Gasteiger partial charge in [-0.1, -0.05) is 23.5 Å². The number of likely N-dealkylation sites (tertiary alicyclic amines) is 1. The van der Waals surface area contributed by atoms with Gasteiger partial charge in [0.1, 0.15) is 0 Å². The molecular formula is C23H21N5O3S2. The van der Waals surface area contributed by atoms with Crippen molar-refractivity contribution in [3.8, 4) is 27.8 Å². The number of sulfone groups is 1. The van der Waals surface area contributed by atoms with Gasteiger partial charge in [0.15, 0.2) is 15.0 Å². The number of nitrogens with one attached hydrogen (secondary N) is 1. The van der Waals surface area contributed by atoms with Crippen molar-refractivity contribution in [2.75, 3.05) is 29.9 Å². The highest BCUT2D eigenvalue weighted by Crippen LogP contribution is 2.43. The second-order valence-electron chi connectivity index (χ2n) is 8.85. The number of hydrogen-bond acceptors (Lipinski definition) is 7. The summed E-state index contributed by atoms with van der Waals surface area (Å²) in [5, 5.41) is 12.6. The minimum absolute atomic E-state index is 0.158. The van der Waals surface area contributed by atoms with E-state index in [1.807, 2.05) is 38.1 Å². The van der Waals surface area contributed by atoms with Crippen molar-refractivity contribution in [2.24, 2.45) is 5.41 Å². The molecule has 1 aromatic carbocycles. The van der Waals surface area contributed by atoms with Gasteiger partial charge in [-0.3, -0.25) is 10.3 Å². The van der Waals surface area contributed by atoms with E-state index in [1.54, 1.807) is 17.0 Å². The van der Waals surface area contributed by atoms with Gasteiger partial charge >= 0.3 is 6.03 Å². The molecule has 3 aromatic rings. The van der Waals surface area contributed by atoms with E-state index < -0.39 is 9.84 Å². The van der Waals surface area contributed by atoms with Crippen LogP contribution in [0.1, 0.15) is 17.0 Å². The third-order valence-electron chi connectivity index (χ3n) is 5.84. The Kier molecular flexibility index (Phi) is 4.99. The zero-order valence-electron chi connectivity index (χ0n) is 18.1. The van der Waals surface area contributed by atoms with Crippen LogP contribution in [0.15, 0.2) is 36.4 Å². The molecule has 33 heavy (non-hydrogen) atoms. The number of amides is 2. The Morgan fingerprint density at radius 1 is 1.12 bits per heavy atom. The van der Waals surface area contributed by atoms with E-state index in [4.69, 9.17) is 4.98 Å². The molecule has 1 spiro atoms. The van der Waals surface area contributed by atoms with Gasteiger partial charge < -0.3 is 4.90 Å². The fourth-order valence-electron chi connectivity index (χ4n) is 4.62. The maximum atomic E-state index is 12.8. The van der Waals surface area contributed by atoms with E-state index in [0.717, 1.165) is 27.4 Å². The molecule has 8 nitrogen and oxygen atoms in total. The Morgan fingerprint density at radius 3 is 2.45 bits per heavy atom. The molecule has 0 unspecified atom stereocenters. The zero-order chi connectivity index (χ0) is 23.4. The lowest BCUT2D eigenvalue weighted by Gasteiger charge is -2.54. The Bertz CT molecular complexity index is 1400. The van der Waals surface area contributed by atoms with E-state index in [1.165, 1.54) is 11.3 Å². The molecule has 0 atom stereocenters. The number of urea groups is 1. The van der Waals surface area contributed by atoms with Gasteiger partial charge in [-0.15, -0.1) is 0 Å². The number of benzene rings is 1. The zero-order valence-corrected chi connectivity index (χ0v) is 19.8. The fourth-order valence-corrected chi connectivity index (χ4v) is 7.73. The summed E-state index contributed by atoms with van der Waals surface area (Å²) in [5.74, 6) is 0.316. The Hall–Kier alpha value is -3.29. The monoisotopic (exact) mass is 479 g/mol. The van der Waals surface area contributed by atoms with Crippen molar-refractivity contribution >= 4 is 32.3 Å². The minimum Gasteiger partial charge on any atom is -0.323 e. The number of aromatic nitrogens is 2. The van der Waals surface area contributed by atoms with Gasteiger partial charge in [-0.2, -0.15) is 5.26 Å². The third-order valence-corrected chi connectivity index (χ3v) is 8.97. The number of aryl methyl sites for hydroxylation is 2. The van der Waals surface area contributed by atoms with Crippen LogP contribution in [0.4, 0.5) is 9.93 Å². The van der Waals surface area contributed by atoms with E-state index >= 15 is 0 Å². The molecule has 0 bridgehead atoms. The van der Waals surface area contributed by atoms with E-state index in [9.17, 15) is 18.5 Å². The van der Waals surface area contributed by atoms with Gasteiger partial charge in [0.05, 0.1) is 33.7 Å². The number of rotatable bonds is 3. The summed E-state index contributed by atoms with van der Waals surface area (Å²) in [4.78, 5) is 24.4. The molecule has 2 aromatic heterocycles. The smallest absolute Gasteiger partial charge is 0.323 e. The van der Waals surface area contributed by atoms with Crippen molar-refractivity contribution in [1.29, 1.82) is 5.26 Å². The average molecular weight is 480 g/mol. The Balaban J connectivity index is 1.44. The van der Waals surface area contributed by atoms with Crippen molar-refractivity contribution < 1.29 is 13.2 Å². The minimum atomic E-state index is -2.93. The normalized spacial score (nSPS) is 17.7. The molecule has 2 aliphatic rings. The number of carbonyl (C=O) groups excluding carboxylic acids is 1. The molecule has 0 saturated carbocycles. The Labute approximate surface area is 195 Å². The van der Waals surface area contributed by atoms with Crippen molar-refractivity contribution in [1.82, 2.24) is 14.9 Å².